The van der Waals surface area contributed by atoms with Gasteiger partial charge in [0.2, 0.25) is 5.91 Å². The van der Waals surface area contributed by atoms with Crippen LogP contribution in [0.4, 0.5) is 0 Å². The van der Waals surface area contributed by atoms with Crippen LogP contribution in [0.3, 0.4) is 0 Å². The standard InChI is InChI=1S/C14H21ClN2O/c1-10(11-6-5-7-12(15)8-11)17-13(18)9-16-14(2,3)4/h5-8,10,16H,9H2,1-4H3,(H,17,18)/t10-/m0/s1. The summed E-state index contributed by atoms with van der Waals surface area (Å²) in [5.41, 5.74) is 0.947. The smallest absolute Gasteiger partial charge is 0.234 e. The summed E-state index contributed by atoms with van der Waals surface area (Å²) in [5.74, 6) is -0.0163. The van der Waals surface area contributed by atoms with Gasteiger partial charge in [-0.1, -0.05) is 23.7 Å². The average molecular weight is 269 g/mol. The van der Waals surface area contributed by atoms with Crippen LogP contribution in [-0.2, 0) is 4.79 Å². The molecule has 0 spiro atoms. The lowest BCUT2D eigenvalue weighted by atomic mass is 10.1. The Morgan fingerprint density at radius 3 is 2.61 bits per heavy atom. The zero-order valence-electron chi connectivity index (χ0n) is 11.4. The van der Waals surface area contributed by atoms with E-state index >= 15 is 0 Å². The minimum absolute atomic E-state index is 0.0163. The predicted octanol–water partition coefficient (Wildman–Crippen LogP) is 2.91. The number of halogens is 1. The van der Waals surface area contributed by atoms with Crippen LogP contribution in [0.15, 0.2) is 24.3 Å². The normalized spacial score (nSPS) is 13.2. The Kier molecular flexibility index (Phi) is 5.17. The Labute approximate surface area is 114 Å². The topological polar surface area (TPSA) is 41.1 Å². The second-order valence-electron chi connectivity index (χ2n) is 5.45. The second-order valence-corrected chi connectivity index (χ2v) is 5.88. The van der Waals surface area contributed by atoms with Crippen LogP contribution in [0.5, 0.6) is 0 Å². The van der Waals surface area contributed by atoms with Crippen LogP contribution in [0, 0.1) is 0 Å². The fraction of sp³-hybridized carbons (Fsp3) is 0.500. The van der Waals surface area contributed by atoms with Gasteiger partial charge in [-0.2, -0.15) is 0 Å². The fourth-order valence-corrected chi connectivity index (χ4v) is 1.70. The van der Waals surface area contributed by atoms with Crippen LogP contribution < -0.4 is 10.6 Å². The average Bonchev–Trinajstić information content (AvgIpc) is 2.25. The van der Waals surface area contributed by atoms with Gasteiger partial charge >= 0.3 is 0 Å². The van der Waals surface area contributed by atoms with Crippen molar-refractivity contribution in [3.63, 3.8) is 0 Å². The summed E-state index contributed by atoms with van der Waals surface area (Å²) in [5, 5.41) is 6.77. The Morgan fingerprint density at radius 1 is 1.39 bits per heavy atom. The number of hydrogen-bond acceptors (Lipinski definition) is 2. The van der Waals surface area contributed by atoms with Crippen molar-refractivity contribution in [2.24, 2.45) is 0 Å². The number of rotatable bonds is 4. The van der Waals surface area contributed by atoms with Crippen molar-refractivity contribution in [3.05, 3.63) is 34.9 Å². The van der Waals surface area contributed by atoms with Crippen LogP contribution >= 0.6 is 11.6 Å². The van der Waals surface area contributed by atoms with Crippen molar-refractivity contribution >= 4 is 17.5 Å². The maximum atomic E-state index is 11.8. The first kappa shape index (κ1) is 15.0. The lowest BCUT2D eigenvalue weighted by Gasteiger charge is -2.21. The van der Waals surface area contributed by atoms with Gasteiger partial charge in [0.1, 0.15) is 0 Å². The lowest BCUT2D eigenvalue weighted by Crippen LogP contribution is -2.43. The molecule has 0 radical (unpaired) electrons. The molecule has 0 saturated carbocycles. The van der Waals surface area contributed by atoms with Gasteiger partial charge < -0.3 is 10.6 Å². The van der Waals surface area contributed by atoms with E-state index in [4.69, 9.17) is 11.6 Å². The maximum Gasteiger partial charge on any atom is 0.234 e. The van der Waals surface area contributed by atoms with E-state index in [2.05, 4.69) is 10.6 Å². The van der Waals surface area contributed by atoms with Gasteiger partial charge in [-0.05, 0) is 45.4 Å². The molecule has 1 aromatic rings. The van der Waals surface area contributed by atoms with Gasteiger partial charge in [0.15, 0.2) is 0 Å². The van der Waals surface area contributed by atoms with Gasteiger partial charge in [0.25, 0.3) is 0 Å². The molecular formula is C14H21ClN2O. The van der Waals surface area contributed by atoms with E-state index in [1.165, 1.54) is 0 Å². The largest absolute Gasteiger partial charge is 0.348 e. The SMILES string of the molecule is C[C@H](NC(=O)CNC(C)(C)C)c1cccc(Cl)c1. The number of carbonyl (C=O) groups is 1. The molecule has 0 bridgehead atoms. The molecule has 18 heavy (non-hydrogen) atoms. The van der Waals surface area contributed by atoms with Gasteiger partial charge in [-0.3, -0.25) is 4.79 Å². The molecule has 0 aliphatic carbocycles. The summed E-state index contributed by atoms with van der Waals surface area (Å²) in [7, 11) is 0. The molecule has 1 aromatic carbocycles. The number of benzene rings is 1. The van der Waals surface area contributed by atoms with Crippen LogP contribution in [0.1, 0.15) is 39.3 Å². The zero-order valence-corrected chi connectivity index (χ0v) is 12.1. The van der Waals surface area contributed by atoms with Gasteiger partial charge in [-0.25, -0.2) is 0 Å². The Balaban J connectivity index is 2.50. The summed E-state index contributed by atoms with van der Waals surface area (Å²) in [6, 6.07) is 7.48. The molecule has 3 nitrogen and oxygen atoms in total. The Bertz CT molecular complexity index is 413. The summed E-state index contributed by atoms with van der Waals surface area (Å²) in [6.45, 7) is 8.34. The van der Waals surface area contributed by atoms with Gasteiger partial charge in [0, 0.05) is 10.6 Å². The third-order valence-corrected chi connectivity index (χ3v) is 2.74. The second kappa shape index (κ2) is 6.21. The van der Waals surface area contributed by atoms with Crippen molar-refractivity contribution < 1.29 is 4.79 Å². The van der Waals surface area contributed by atoms with E-state index in [0.717, 1.165) is 5.56 Å². The third-order valence-electron chi connectivity index (χ3n) is 2.51. The summed E-state index contributed by atoms with van der Waals surface area (Å²) in [6.07, 6.45) is 0. The molecule has 1 rings (SSSR count). The number of nitrogens with one attached hydrogen (secondary N) is 2. The molecule has 4 heteroatoms. The van der Waals surface area contributed by atoms with E-state index in [0.29, 0.717) is 11.6 Å². The molecule has 1 atom stereocenters. The Morgan fingerprint density at radius 2 is 2.06 bits per heavy atom. The van der Waals surface area contributed by atoms with Gasteiger partial charge in [0.05, 0.1) is 12.6 Å². The number of carbonyl (C=O) groups excluding carboxylic acids is 1. The highest BCUT2D eigenvalue weighted by atomic mass is 35.5. The highest BCUT2D eigenvalue weighted by molar-refractivity contribution is 6.30. The minimum atomic E-state index is -0.0589. The molecule has 0 heterocycles. The summed E-state index contributed by atoms with van der Waals surface area (Å²) < 4.78 is 0. The molecular weight excluding hydrogens is 248 g/mol. The van der Waals surface area contributed by atoms with E-state index in [9.17, 15) is 4.79 Å². The van der Waals surface area contributed by atoms with Crippen molar-refractivity contribution in [2.45, 2.75) is 39.3 Å². The zero-order chi connectivity index (χ0) is 13.8. The maximum absolute atomic E-state index is 11.8. The van der Waals surface area contributed by atoms with Crippen LogP contribution in [-0.4, -0.2) is 18.0 Å². The molecule has 0 aliphatic rings. The molecule has 2 N–H and O–H groups in total. The van der Waals surface area contributed by atoms with Crippen LogP contribution in [0.2, 0.25) is 5.02 Å². The van der Waals surface area contributed by atoms with E-state index in [-0.39, 0.29) is 17.5 Å². The van der Waals surface area contributed by atoms with Crippen molar-refractivity contribution in [3.8, 4) is 0 Å². The van der Waals surface area contributed by atoms with Crippen molar-refractivity contribution in [2.75, 3.05) is 6.54 Å². The van der Waals surface area contributed by atoms with Gasteiger partial charge in [-0.15, -0.1) is 0 Å². The summed E-state index contributed by atoms with van der Waals surface area (Å²) in [4.78, 5) is 11.8. The number of amides is 1. The van der Waals surface area contributed by atoms with Crippen molar-refractivity contribution in [1.82, 2.24) is 10.6 Å². The molecule has 1 amide bonds. The van der Waals surface area contributed by atoms with E-state index < -0.39 is 0 Å². The van der Waals surface area contributed by atoms with E-state index in [1.54, 1.807) is 0 Å². The first-order valence-electron chi connectivity index (χ1n) is 6.08. The Hall–Kier alpha value is -1.06. The third kappa shape index (κ3) is 5.52. The first-order chi connectivity index (χ1) is 8.28. The molecule has 0 fully saturated rings. The highest BCUT2D eigenvalue weighted by Gasteiger charge is 2.13. The highest BCUT2D eigenvalue weighted by Crippen LogP contribution is 2.17. The minimum Gasteiger partial charge on any atom is -0.348 e. The molecule has 100 valence electrons. The lowest BCUT2D eigenvalue weighted by molar-refractivity contribution is -0.121. The first-order valence-corrected chi connectivity index (χ1v) is 6.45. The fourth-order valence-electron chi connectivity index (χ4n) is 1.50. The molecule has 0 aromatic heterocycles. The molecule has 0 aliphatic heterocycles. The molecule has 0 saturated heterocycles. The monoisotopic (exact) mass is 268 g/mol. The predicted molar refractivity (Wildman–Crippen MR) is 75.8 cm³/mol. The number of hydrogen-bond donors (Lipinski definition) is 2. The summed E-state index contributed by atoms with van der Waals surface area (Å²) >= 11 is 5.92. The quantitative estimate of drug-likeness (QED) is 0.882. The van der Waals surface area contributed by atoms with Crippen molar-refractivity contribution in [1.29, 1.82) is 0 Å². The van der Waals surface area contributed by atoms with Crippen LogP contribution in [0.25, 0.3) is 0 Å². The molecule has 0 unspecified atom stereocenters. The van der Waals surface area contributed by atoms with E-state index in [1.807, 2.05) is 52.0 Å².